The molecule has 1 aromatic carbocycles. The predicted molar refractivity (Wildman–Crippen MR) is 106 cm³/mol. The SMILES string of the molecule is OCC1CCCN1c1nc(Nc2cn(-c3ccccc3)cn2)c2occc2n1. The van der Waals surface area contributed by atoms with Crippen molar-refractivity contribution in [1.29, 1.82) is 0 Å². The molecule has 0 spiro atoms. The Kier molecular flexibility index (Phi) is 4.17. The summed E-state index contributed by atoms with van der Waals surface area (Å²) >= 11 is 0. The maximum Gasteiger partial charge on any atom is 0.228 e. The molecule has 0 aliphatic carbocycles. The molecule has 3 aromatic heterocycles. The molecule has 1 aliphatic rings. The van der Waals surface area contributed by atoms with Crippen molar-refractivity contribution in [3.05, 3.63) is 55.2 Å². The Morgan fingerprint density at radius 1 is 1.18 bits per heavy atom. The zero-order valence-corrected chi connectivity index (χ0v) is 15.2. The first-order valence-electron chi connectivity index (χ1n) is 9.31. The summed E-state index contributed by atoms with van der Waals surface area (Å²) in [4.78, 5) is 15.8. The largest absolute Gasteiger partial charge is 0.459 e. The Labute approximate surface area is 161 Å². The van der Waals surface area contributed by atoms with E-state index in [2.05, 4.69) is 25.2 Å². The first-order valence-corrected chi connectivity index (χ1v) is 9.31. The van der Waals surface area contributed by atoms with Crippen molar-refractivity contribution >= 4 is 28.7 Å². The van der Waals surface area contributed by atoms with Gasteiger partial charge in [0, 0.05) is 18.3 Å². The lowest BCUT2D eigenvalue weighted by atomic mass is 10.2. The number of nitrogens with zero attached hydrogens (tertiary/aromatic N) is 5. The van der Waals surface area contributed by atoms with Gasteiger partial charge in [0.25, 0.3) is 0 Å². The lowest BCUT2D eigenvalue weighted by Gasteiger charge is -2.23. The van der Waals surface area contributed by atoms with E-state index >= 15 is 0 Å². The molecular formula is C20H20N6O2. The van der Waals surface area contributed by atoms with Gasteiger partial charge in [-0.25, -0.2) is 9.97 Å². The summed E-state index contributed by atoms with van der Waals surface area (Å²) in [6.07, 6.45) is 7.21. The molecule has 4 aromatic rings. The lowest BCUT2D eigenvalue weighted by Crippen LogP contribution is -2.33. The average Bonchev–Trinajstić information content (AvgIpc) is 3.48. The van der Waals surface area contributed by atoms with Crippen LogP contribution in [0.25, 0.3) is 16.8 Å². The van der Waals surface area contributed by atoms with Crippen LogP contribution in [-0.2, 0) is 0 Å². The van der Waals surface area contributed by atoms with E-state index < -0.39 is 0 Å². The zero-order chi connectivity index (χ0) is 18.9. The minimum absolute atomic E-state index is 0.0505. The van der Waals surface area contributed by atoms with Gasteiger partial charge in [-0.05, 0) is 25.0 Å². The molecule has 5 rings (SSSR count). The van der Waals surface area contributed by atoms with Crippen molar-refractivity contribution in [1.82, 2.24) is 19.5 Å². The summed E-state index contributed by atoms with van der Waals surface area (Å²) in [6.45, 7) is 0.924. The van der Waals surface area contributed by atoms with E-state index in [9.17, 15) is 5.11 Å². The molecule has 1 atom stereocenters. The molecule has 1 saturated heterocycles. The first kappa shape index (κ1) is 16.8. The van der Waals surface area contributed by atoms with Gasteiger partial charge in [-0.3, -0.25) is 0 Å². The molecule has 8 nitrogen and oxygen atoms in total. The van der Waals surface area contributed by atoms with Gasteiger partial charge >= 0.3 is 0 Å². The van der Waals surface area contributed by atoms with Gasteiger partial charge in [0.05, 0.1) is 25.1 Å². The predicted octanol–water partition coefficient (Wildman–Crippen LogP) is 3.11. The normalized spacial score (nSPS) is 16.8. The van der Waals surface area contributed by atoms with Crippen molar-refractivity contribution in [3.63, 3.8) is 0 Å². The van der Waals surface area contributed by atoms with E-state index in [4.69, 9.17) is 4.42 Å². The standard InChI is InChI=1S/C20H20N6O2/c27-12-15-7-4-9-26(15)20-22-16-8-10-28-18(16)19(24-20)23-17-11-25(13-21-17)14-5-2-1-3-6-14/h1-3,5-6,8,10-11,13,15,27H,4,7,9,12H2,(H,22,23,24). The maximum atomic E-state index is 9.64. The van der Waals surface area contributed by atoms with Gasteiger partial charge in [0.15, 0.2) is 11.4 Å². The Hall–Kier alpha value is -3.39. The van der Waals surface area contributed by atoms with Crippen molar-refractivity contribution in [2.75, 3.05) is 23.4 Å². The fourth-order valence-electron chi connectivity index (χ4n) is 3.60. The highest BCUT2D eigenvalue weighted by molar-refractivity contribution is 5.86. The van der Waals surface area contributed by atoms with Crippen LogP contribution in [0.3, 0.4) is 0 Å². The Morgan fingerprint density at radius 2 is 2.07 bits per heavy atom. The third-order valence-corrected chi connectivity index (χ3v) is 5.02. The van der Waals surface area contributed by atoms with E-state index in [1.165, 1.54) is 0 Å². The minimum atomic E-state index is 0.0505. The van der Waals surface area contributed by atoms with Gasteiger partial charge < -0.3 is 24.3 Å². The second kappa shape index (κ2) is 6.97. The van der Waals surface area contributed by atoms with E-state index in [1.807, 2.05) is 47.2 Å². The first-order chi connectivity index (χ1) is 13.8. The minimum Gasteiger partial charge on any atom is -0.459 e. The van der Waals surface area contributed by atoms with Crippen molar-refractivity contribution in [2.45, 2.75) is 18.9 Å². The van der Waals surface area contributed by atoms with Crippen molar-refractivity contribution in [2.24, 2.45) is 0 Å². The van der Waals surface area contributed by atoms with Gasteiger partial charge in [-0.1, -0.05) is 18.2 Å². The van der Waals surface area contributed by atoms with Crippen LogP contribution >= 0.6 is 0 Å². The summed E-state index contributed by atoms with van der Waals surface area (Å²) in [5, 5.41) is 12.9. The summed E-state index contributed by atoms with van der Waals surface area (Å²) < 4.78 is 7.53. The van der Waals surface area contributed by atoms with Gasteiger partial charge in [0.1, 0.15) is 17.7 Å². The van der Waals surface area contributed by atoms with Crippen molar-refractivity contribution in [3.8, 4) is 5.69 Å². The molecule has 28 heavy (non-hydrogen) atoms. The Morgan fingerprint density at radius 3 is 2.93 bits per heavy atom. The van der Waals surface area contributed by atoms with Crippen LogP contribution in [0.1, 0.15) is 12.8 Å². The zero-order valence-electron chi connectivity index (χ0n) is 15.2. The fraction of sp³-hybridized carbons (Fsp3) is 0.250. The molecule has 1 fully saturated rings. The number of nitrogens with one attached hydrogen (secondary N) is 1. The number of fused-ring (bicyclic) bond motifs is 1. The number of rotatable bonds is 5. The quantitative estimate of drug-likeness (QED) is 0.553. The highest BCUT2D eigenvalue weighted by Crippen LogP contribution is 2.30. The van der Waals surface area contributed by atoms with Crippen LogP contribution < -0.4 is 10.2 Å². The fourth-order valence-corrected chi connectivity index (χ4v) is 3.60. The Balaban J connectivity index is 1.49. The summed E-state index contributed by atoms with van der Waals surface area (Å²) in [5.41, 5.74) is 2.33. The summed E-state index contributed by atoms with van der Waals surface area (Å²) in [5.74, 6) is 1.81. The van der Waals surface area contributed by atoms with Crippen LogP contribution in [0, 0.1) is 0 Å². The third kappa shape index (κ3) is 2.97. The molecule has 1 aliphatic heterocycles. The number of furan rings is 1. The number of anilines is 3. The number of aliphatic hydroxyl groups excluding tert-OH is 1. The van der Waals surface area contributed by atoms with Crippen LogP contribution in [0.2, 0.25) is 0 Å². The monoisotopic (exact) mass is 376 g/mol. The average molecular weight is 376 g/mol. The smallest absolute Gasteiger partial charge is 0.228 e. The number of aromatic nitrogens is 4. The second-order valence-electron chi connectivity index (χ2n) is 6.81. The van der Waals surface area contributed by atoms with Crippen LogP contribution in [-0.4, -0.2) is 43.8 Å². The second-order valence-corrected chi connectivity index (χ2v) is 6.81. The molecule has 4 heterocycles. The van der Waals surface area contributed by atoms with Gasteiger partial charge in [-0.2, -0.15) is 4.98 Å². The van der Waals surface area contributed by atoms with Crippen LogP contribution in [0.5, 0.6) is 0 Å². The number of hydrogen-bond donors (Lipinski definition) is 2. The van der Waals surface area contributed by atoms with Crippen LogP contribution in [0.15, 0.2) is 59.6 Å². The maximum absolute atomic E-state index is 9.64. The summed E-state index contributed by atoms with van der Waals surface area (Å²) in [6, 6.07) is 11.8. The van der Waals surface area contributed by atoms with Gasteiger partial charge in [-0.15, -0.1) is 0 Å². The number of para-hydroxylation sites is 1. The number of benzene rings is 1. The van der Waals surface area contributed by atoms with E-state index in [-0.39, 0.29) is 12.6 Å². The van der Waals surface area contributed by atoms with Gasteiger partial charge in [0.2, 0.25) is 5.95 Å². The van der Waals surface area contributed by atoms with Crippen LogP contribution in [0.4, 0.5) is 17.6 Å². The number of hydrogen-bond acceptors (Lipinski definition) is 7. The number of imidazole rings is 1. The van der Waals surface area contributed by atoms with E-state index in [1.54, 1.807) is 12.6 Å². The van der Waals surface area contributed by atoms with Crippen molar-refractivity contribution < 1.29 is 9.52 Å². The highest BCUT2D eigenvalue weighted by atomic mass is 16.3. The topological polar surface area (TPSA) is 92.2 Å². The van der Waals surface area contributed by atoms with E-state index in [0.29, 0.717) is 23.2 Å². The molecule has 0 saturated carbocycles. The summed E-state index contributed by atoms with van der Waals surface area (Å²) in [7, 11) is 0. The molecular weight excluding hydrogens is 356 g/mol. The molecule has 142 valence electrons. The molecule has 0 bridgehead atoms. The third-order valence-electron chi connectivity index (χ3n) is 5.02. The molecule has 8 heteroatoms. The molecule has 2 N–H and O–H groups in total. The highest BCUT2D eigenvalue weighted by Gasteiger charge is 2.27. The molecule has 0 amide bonds. The molecule has 0 radical (unpaired) electrons. The van der Waals surface area contributed by atoms with E-state index in [0.717, 1.165) is 30.6 Å². The number of aliphatic hydroxyl groups is 1. The lowest BCUT2D eigenvalue weighted by molar-refractivity contribution is 0.265. The Bertz CT molecular complexity index is 1090. The molecule has 1 unspecified atom stereocenters.